The number of nitrogens with one attached hydrogen (secondary N) is 2. The molecule has 3 heterocycles. The van der Waals surface area contributed by atoms with Gasteiger partial charge in [0, 0.05) is 26.2 Å². The number of alkyl carbamates (subject to hydrolysis) is 1. The van der Waals surface area contributed by atoms with Crippen molar-refractivity contribution in [3.05, 3.63) is 22.2 Å². The molecular weight excluding hydrogens is 422 g/mol. The van der Waals surface area contributed by atoms with Crippen molar-refractivity contribution < 1.29 is 19.4 Å². The molecule has 0 bridgehead atoms. The molecule has 1 fully saturated rings. The molecule has 1 saturated heterocycles. The number of ether oxygens (including phenoxy) is 1. The minimum atomic E-state index is -0.920. The predicted octanol–water partition coefficient (Wildman–Crippen LogP) is 3.01. The molecule has 1 aliphatic heterocycles. The molecular formula is C20H29N5O5S. The second kappa shape index (κ2) is 8.74. The number of rotatable bonds is 4. The van der Waals surface area contributed by atoms with E-state index >= 15 is 0 Å². The van der Waals surface area contributed by atoms with E-state index in [1.165, 1.54) is 16.2 Å². The van der Waals surface area contributed by atoms with Crippen molar-refractivity contribution in [3.63, 3.8) is 0 Å². The number of hydrogen-bond acceptors (Lipinski definition) is 7. The number of aromatic nitrogens is 2. The molecule has 170 valence electrons. The van der Waals surface area contributed by atoms with Crippen LogP contribution in [0.4, 0.5) is 14.6 Å². The van der Waals surface area contributed by atoms with Crippen molar-refractivity contribution in [3.8, 4) is 0 Å². The van der Waals surface area contributed by atoms with Gasteiger partial charge in [0.1, 0.15) is 16.1 Å². The third kappa shape index (κ3) is 5.46. The molecule has 0 saturated carbocycles. The minimum absolute atomic E-state index is 0.0321. The second-order valence-electron chi connectivity index (χ2n) is 8.87. The van der Waals surface area contributed by atoms with Gasteiger partial charge >= 0.3 is 12.2 Å². The molecule has 0 aliphatic carbocycles. The molecule has 2 amide bonds. The van der Waals surface area contributed by atoms with E-state index in [1.807, 2.05) is 19.9 Å². The lowest BCUT2D eigenvalue weighted by Gasteiger charge is -2.33. The van der Waals surface area contributed by atoms with Crippen LogP contribution in [0.5, 0.6) is 0 Å². The Bertz CT molecular complexity index is 1020. The van der Waals surface area contributed by atoms with Crippen LogP contribution in [-0.2, 0) is 4.74 Å². The highest BCUT2D eigenvalue weighted by Gasteiger charge is 2.26. The summed E-state index contributed by atoms with van der Waals surface area (Å²) in [5.41, 5.74) is -0.350. The van der Waals surface area contributed by atoms with Gasteiger partial charge in [-0.05, 0) is 32.8 Å². The number of H-pyrrole nitrogens is 1. The van der Waals surface area contributed by atoms with Crippen LogP contribution in [0.1, 0.15) is 46.5 Å². The number of nitrogens with zero attached hydrogens (tertiary/aromatic N) is 3. The fourth-order valence-electron chi connectivity index (χ4n) is 3.35. The maximum Gasteiger partial charge on any atom is 0.408 e. The molecule has 1 aliphatic rings. The Hall–Kier alpha value is -2.82. The fraction of sp³-hybridized carbons (Fsp3) is 0.600. The van der Waals surface area contributed by atoms with Crippen LogP contribution < -0.4 is 15.8 Å². The van der Waals surface area contributed by atoms with Crippen LogP contribution in [0.25, 0.3) is 10.2 Å². The summed E-state index contributed by atoms with van der Waals surface area (Å²) in [6.45, 7) is 11.1. The summed E-state index contributed by atoms with van der Waals surface area (Å²) in [5, 5.41) is 12.8. The van der Waals surface area contributed by atoms with Crippen molar-refractivity contribution in [2.45, 2.75) is 46.3 Å². The van der Waals surface area contributed by atoms with E-state index in [4.69, 9.17) is 9.84 Å². The molecule has 3 rings (SSSR count). The lowest BCUT2D eigenvalue weighted by molar-refractivity contribution is 0.0486. The van der Waals surface area contributed by atoms with E-state index in [9.17, 15) is 14.4 Å². The average Bonchev–Trinajstić information content (AvgIpc) is 3.09. The number of aromatic amines is 1. The van der Waals surface area contributed by atoms with E-state index in [2.05, 4.69) is 20.2 Å². The van der Waals surface area contributed by atoms with Crippen LogP contribution in [0.15, 0.2) is 10.9 Å². The number of piperazine rings is 1. The Morgan fingerprint density at radius 2 is 1.90 bits per heavy atom. The van der Waals surface area contributed by atoms with E-state index in [-0.39, 0.29) is 11.5 Å². The molecule has 31 heavy (non-hydrogen) atoms. The Labute approximate surface area is 184 Å². The quantitative estimate of drug-likeness (QED) is 0.652. The molecule has 2 aromatic heterocycles. The highest BCUT2D eigenvalue weighted by Crippen LogP contribution is 2.31. The van der Waals surface area contributed by atoms with Gasteiger partial charge < -0.3 is 29.9 Å². The highest BCUT2D eigenvalue weighted by molar-refractivity contribution is 7.22. The van der Waals surface area contributed by atoms with Gasteiger partial charge in [0.15, 0.2) is 0 Å². The van der Waals surface area contributed by atoms with Gasteiger partial charge in [-0.3, -0.25) is 4.79 Å². The number of amides is 2. The molecule has 0 spiro atoms. The largest absolute Gasteiger partial charge is 0.465 e. The summed E-state index contributed by atoms with van der Waals surface area (Å²) in [7, 11) is 0. The van der Waals surface area contributed by atoms with Gasteiger partial charge in [0.2, 0.25) is 0 Å². The zero-order valence-corrected chi connectivity index (χ0v) is 19.2. The lowest BCUT2D eigenvalue weighted by atomic mass is 10.0. The lowest BCUT2D eigenvalue weighted by Crippen LogP contribution is -2.48. The molecule has 10 nitrogen and oxygen atoms in total. The minimum Gasteiger partial charge on any atom is -0.465 e. The van der Waals surface area contributed by atoms with Crippen LogP contribution in [0.2, 0.25) is 0 Å². The van der Waals surface area contributed by atoms with Crippen molar-refractivity contribution in [1.82, 2.24) is 20.2 Å². The molecule has 1 atom stereocenters. The topological polar surface area (TPSA) is 128 Å². The van der Waals surface area contributed by atoms with Gasteiger partial charge in [-0.15, -0.1) is 11.3 Å². The summed E-state index contributed by atoms with van der Waals surface area (Å²) >= 11 is 1.33. The zero-order chi connectivity index (χ0) is 22.9. The second-order valence-corrected chi connectivity index (χ2v) is 9.91. The third-order valence-corrected chi connectivity index (χ3v) is 6.07. The number of carbonyl (C=O) groups is 2. The summed E-state index contributed by atoms with van der Waals surface area (Å²) < 4.78 is 5.85. The maximum atomic E-state index is 12.7. The zero-order valence-electron chi connectivity index (χ0n) is 18.4. The normalized spacial score (nSPS) is 15.9. The smallest absolute Gasteiger partial charge is 0.408 e. The first kappa shape index (κ1) is 22.9. The van der Waals surface area contributed by atoms with E-state index in [1.54, 1.807) is 20.8 Å². The number of thiophene rings is 1. The van der Waals surface area contributed by atoms with E-state index < -0.39 is 23.8 Å². The summed E-state index contributed by atoms with van der Waals surface area (Å²) in [6.07, 6.45) is -1.49. The van der Waals surface area contributed by atoms with E-state index in [0.29, 0.717) is 42.2 Å². The van der Waals surface area contributed by atoms with Crippen LogP contribution in [0, 0.1) is 5.92 Å². The van der Waals surface area contributed by atoms with Gasteiger partial charge in [0.25, 0.3) is 5.56 Å². The number of carboxylic acid groups (broad SMARTS) is 1. The number of hydrogen-bond donors (Lipinski definition) is 3. The van der Waals surface area contributed by atoms with E-state index in [0.717, 1.165) is 5.00 Å². The SMILES string of the molecule is CC(C)C(NC(=O)OC(C)(C)C)c1nc2cc(N3CCN(C(=O)O)CC3)sc2c(=O)[nH]1. The first-order valence-corrected chi connectivity index (χ1v) is 11.0. The van der Waals surface area contributed by atoms with Crippen molar-refractivity contribution in [2.75, 3.05) is 31.1 Å². The molecule has 0 aromatic carbocycles. The van der Waals surface area contributed by atoms with Crippen LogP contribution in [-0.4, -0.2) is 63.9 Å². The predicted molar refractivity (Wildman–Crippen MR) is 119 cm³/mol. The Morgan fingerprint density at radius 1 is 1.26 bits per heavy atom. The molecule has 1 unspecified atom stereocenters. The maximum absolute atomic E-state index is 12.7. The Kier molecular flexibility index (Phi) is 6.44. The fourth-order valence-corrected chi connectivity index (χ4v) is 4.40. The molecule has 2 aromatic rings. The third-order valence-electron chi connectivity index (χ3n) is 4.88. The Balaban J connectivity index is 1.84. The van der Waals surface area contributed by atoms with Crippen molar-refractivity contribution in [2.24, 2.45) is 5.92 Å². The first-order valence-electron chi connectivity index (χ1n) is 10.2. The summed E-state index contributed by atoms with van der Waals surface area (Å²) in [6, 6.07) is 1.33. The van der Waals surface area contributed by atoms with Crippen LogP contribution in [0.3, 0.4) is 0 Å². The van der Waals surface area contributed by atoms with Gasteiger partial charge in [0.05, 0.1) is 16.6 Å². The van der Waals surface area contributed by atoms with Crippen molar-refractivity contribution >= 4 is 38.7 Å². The van der Waals surface area contributed by atoms with Crippen molar-refractivity contribution in [1.29, 1.82) is 0 Å². The molecule has 0 radical (unpaired) electrons. The van der Waals surface area contributed by atoms with Gasteiger partial charge in [-0.25, -0.2) is 14.6 Å². The van der Waals surface area contributed by atoms with Gasteiger partial charge in [-0.1, -0.05) is 13.8 Å². The number of anilines is 1. The average molecular weight is 452 g/mol. The highest BCUT2D eigenvalue weighted by atomic mass is 32.1. The summed E-state index contributed by atoms with van der Waals surface area (Å²) in [5.74, 6) is 0.341. The number of carbonyl (C=O) groups excluding carboxylic acids is 1. The molecule has 11 heteroatoms. The van der Waals surface area contributed by atoms with Crippen LogP contribution >= 0.6 is 11.3 Å². The standard InChI is InChI=1S/C20H29N5O5S/c1-11(2)14(22-18(27)30-20(3,4)5)16-21-12-10-13(31-15(12)17(26)23-16)24-6-8-25(9-7-24)19(28)29/h10-11,14H,6-9H2,1-5H3,(H,22,27)(H,28,29)(H,21,23,26). The molecule has 3 N–H and O–H groups in total. The number of fused-ring (bicyclic) bond motifs is 1. The van der Waals surface area contributed by atoms with Gasteiger partial charge in [-0.2, -0.15) is 0 Å². The Morgan fingerprint density at radius 3 is 2.45 bits per heavy atom. The summed E-state index contributed by atoms with van der Waals surface area (Å²) in [4.78, 5) is 47.0. The monoisotopic (exact) mass is 451 g/mol. The first-order chi connectivity index (χ1) is 14.4.